The van der Waals surface area contributed by atoms with E-state index in [1.165, 1.54) is 0 Å². The third-order valence-electron chi connectivity index (χ3n) is 3.88. The highest BCUT2D eigenvalue weighted by molar-refractivity contribution is 5.99. The maximum atomic E-state index is 11.6. The zero-order chi connectivity index (χ0) is 15.5. The molecule has 0 bridgehead atoms. The van der Waals surface area contributed by atoms with Crippen molar-refractivity contribution in [2.24, 2.45) is 5.73 Å². The molecule has 1 saturated heterocycles. The minimum Gasteiger partial charge on any atom is -0.371 e. The van der Waals surface area contributed by atoms with Crippen LogP contribution in [-0.2, 0) is 4.74 Å². The van der Waals surface area contributed by atoms with E-state index in [1.54, 1.807) is 18.3 Å². The van der Waals surface area contributed by atoms with Gasteiger partial charge in [-0.25, -0.2) is 0 Å². The van der Waals surface area contributed by atoms with Crippen molar-refractivity contribution in [3.63, 3.8) is 0 Å². The number of ether oxygens (including phenoxy) is 1. The maximum Gasteiger partial charge on any atom is 0.250 e. The number of pyridine rings is 1. The zero-order valence-electron chi connectivity index (χ0n) is 12.5. The number of carbonyl (C=O) groups is 1. The Morgan fingerprint density at radius 3 is 2.95 bits per heavy atom. The van der Waals surface area contributed by atoms with Crippen LogP contribution in [0.2, 0.25) is 0 Å². The fourth-order valence-corrected chi connectivity index (χ4v) is 2.75. The Hall–Kier alpha value is -2.24. The van der Waals surface area contributed by atoms with Gasteiger partial charge in [0, 0.05) is 24.8 Å². The van der Waals surface area contributed by atoms with Gasteiger partial charge in [0.1, 0.15) is 0 Å². The Kier molecular flexibility index (Phi) is 4.18. The van der Waals surface area contributed by atoms with Gasteiger partial charge in [-0.05, 0) is 30.2 Å². The van der Waals surface area contributed by atoms with Crippen molar-refractivity contribution in [3.05, 3.63) is 53.2 Å². The van der Waals surface area contributed by atoms with Gasteiger partial charge >= 0.3 is 0 Å². The monoisotopic (exact) mass is 297 g/mol. The van der Waals surface area contributed by atoms with Gasteiger partial charge in [0.25, 0.3) is 5.91 Å². The molecule has 22 heavy (non-hydrogen) atoms. The number of benzene rings is 1. The van der Waals surface area contributed by atoms with Crippen molar-refractivity contribution in [2.75, 3.05) is 19.7 Å². The fraction of sp³-hybridized carbons (Fsp3) is 0.294. The van der Waals surface area contributed by atoms with Crippen LogP contribution in [0.3, 0.4) is 0 Å². The molecule has 1 aliphatic heterocycles. The fourth-order valence-electron chi connectivity index (χ4n) is 2.75. The summed E-state index contributed by atoms with van der Waals surface area (Å²) in [6.45, 7) is 4.43. The summed E-state index contributed by atoms with van der Waals surface area (Å²) in [7, 11) is 0. The van der Waals surface area contributed by atoms with E-state index >= 15 is 0 Å². The Morgan fingerprint density at radius 2 is 2.27 bits per heavy atom. The molecule has 2 aromatic rings. The number of carbonyl (C=O) groups excluding carboxylic acids is 1. The maximum absolute atomic E-state index is 11.6. The molecule has 1 atom stereocenters. The second-order valence-corrected chi connectivity index (χ2v) is 5.40. The summed E-state index contributed by atoms with van der Waals surface area (Å²) in [5.74, 6) is -0.466. The minimum absolute atomic E-state index is 0.0702. The van der Waals surface area contributed by atoms with Crippen LogP contribution in [-0.4, -0.2) is 30.6 Å². The number of hydrogen-bond acceptors (Lipinski definition) is 4. The van der Waals surface area contributed by atoms with Crippen molar-refractivity contribution in [1.82, 2.24) is 10.3 Å². The molecule has 114 valence electrons. The van der Waals surface area contributed by atoms with E-state index in [0.717, 1.165) is 36.4 Å². The SMILES string of the molecule is Cc1cc([C@@H]2CNCCO2)ccc1-c1ncccc1C(N)=O. The summed E-state index contributed by atoms with van der Waals surface area (Å²) in [5, 5.41) is 3.32. The first-order valence-corrected chi connectivity index (χ1v) is 7.35. The van der Waals surface area contributed by atoms with Crippen LogP contribution in [0.5, 0.6) is 0 Å². The van der Waals surface area contributed by atoms with Crippen molar-refractivity contribution >= 4 is 5.91 Å². The van der Waals surface area contributed by atoms with Crippen LogP contribution in [0.25, 0.3) is 11.3 Å². The second-order valence-electron chi connectivity index (χ2n) is 5.40. The Bertz CT molecular complexity index is 694. The lowest BCUT2D eigenvalue weighted by molar-refractivity contribution is 0.0277. The molecule has 5 nitrogen and oxygen atoms in total. The summed E-state index contributed by atoms with van der Waals surface area (Å²) in [4.78, 5) is 15.9. The first-order chi connectivity index (χ1) is 10.7. The summed E-state index contributed by atoms with van der Waals surface area (Å²) in [6, 6.07) is 9.52. The second kappa shape index (κ2) is 6.25. The molecule has 1 aromatic carbocycles. The van der Waals surface area contributed by atoms with E-state index in [0.29, 0.717) is 11.3 Å². The Morgan fingerprint density at radius 1 is 1.41 bits per heavy atom. The molecular formula is C17H19N3O2. The van der Waals surface area contributed by atoms with Crippen LogP contribution in [0.15, 0.2) is 36.5 Å². The number of nitrogens with two attached hydrogens (primary N) is 1. The van der Waals surface area contributed by atoms with Gasteiger partial charge in [0.2, 0.25) is 0 Å². The van der Waals surface area contributed by atoms with Gasteiger partial charge in [-0.2, -0.15) is 0 Å². The van der Waals surface area contributed by atoms with E-state index in [2.05, 4.69) is 16.4 Å². The molecule has 1 amide bonds. The largest absolute Gasteiger partial charge is 0.371 e. The highest BCUT2D eigenvalue weighted by atomic mass is 16.5. The van der Waals surface area contributed by atoms with Crippen LogP contribution < -0.4 is 11.1 Å². The zero-order valence-corrected chi connectivity index (χ0v) is 12.5. The van der Waals surface area contributed by atoms with Gasteiger partial charge in [-0.15, -0.1) is 0 Å². The highest BCUT2D eigenvalue weighted by Crippen LogP contribution is 2.28. The summed E-state index contributed by atoms with van der Waals surface area (Å²) >= 11 is 0. The Labute approximate surface area is 129 Å². The predicted molar refractivity (Wildman–Crippen MR) is 84.5 cm³/mol. The number of morpholine rings is 1. The number of amides is 1. The lowest BCUT2D eigenvalue weighted by Gasteiger charge is -2.24. The Balaban J connectivity index is 1.97. The molecule has 1 aromatic heterocycles. The first-order valence-electron chi connectivity index (χ1n) is 7.35. The molecule has 0 spiro atoms. The molecule has 3 rings (SSSR count). The molecule has 0 saturated carbocycles. The topological polar surface area (TPSA) is 77.2 Å². The van der Waals surface area contributed by atoms with E-state index in [-0.39, 0.29) is 6.10 Å². The molecule has 1 fully saturated rings. The van der Waals surface area contributed by atoms with Crippen molar-refractivity contribution in [2.45, 2.75) is 13.0 Å². The average Bonchev–Trinajstić information content (AvgIpc) is 2.55. The standard InChI is InChI=1S/C17H19N3O2/c1-11-9-12(15-10-19-7-8-22-15)4-5-13(11)16-14(17(18)21)3-2-6-20-16/h2-6,9,15,19H,7-8,10H2,1H3,(H2,18,21)/t15-/m0/s1. The van der Waals surface area contributed by atoms with Crippen LogP contribution in [0.4, 0.5) is 0 Å². The highest BCUT2D eigenvalue weighted by Gasteiger charge is 2.18. The normalized spacial score (nSPS) is 18.1. The van der Waals surface area contributed by atoms with Gasteiger partial charge in [0.05, 0.1) is 24.0 Å². The quantitative estimate of drug-likeness (QED) is 0.906. The number of hydrogen-bond donors (Lipinski definition) is 2. The lowest BCUT2D eigenvalue weighted by atomic mass is 9.96. The number of nitrogens with zero attached hydrogens (tertiary/aromatic N) is 1. The summed E-state index contributed by atoms with van der Waals surface area (Å²) in [5.41, 5.74) is 9.60. The average molecular weight is 297 g/mol. The van der Waals surface area contributed by atoms with E-state index < -0.39 is 5.91 Å². The molecule has 0 radical (unpaired) electrons. The van der Waals surface area contributed by atoms with E-state index in [1.807, 2.05) is 19.1 Å². The molecule has 0 unspecified atom stereocenters. The van der Waals surface area contributed by atoms with Gasteiger partial charge in [-0.1, -0.05) is 18.2 Å². The number of nitrogens with one attached hydrogen (secondary N) is 1. The van der Waals surface area contributed by atoms with Crippen LogP contribution in [0.1, 0.15) is 27.6 Å². The van der Waals surface area contributed by atoms with E-state index in [4.69, 9.17) is 10.5 Å². The predicted octanol–water partition coefficient (Wildman–Crippen LogP) is 1.82. The van der Waals surface area contributed by atoms with Crippen LogP contribution in [0, 0.1) is 6.92 Å². The first kappa shape index (κ1) is 14.7. The third-order valence-corrected chi connectivity index (χ3v) is 3.88. The van der Waals surface area contributed by atoms with Crippen molar-refractivity contribution < 1.29 is 9.53 Å². The molecule has 5 heteroatoms. The molecular weight excluding hydrogens is 278 g/mol. The third kappa shape index (κ3) is 2.86. The van der Waals surface area contributed by atoms with Gasteiger partial charge in [0.15, 0.2) is 0 Å². The molecule has 1 aliphatic rings. The number of primary amides is 1. The smallest absolute Gasteiger partial charge is 0.250 e. The molecule has 3 N–H and O–H groups in total. The van der Waals surface area contributed by atoms with Crippen LogP contribution >= 0.6 is 0 Å². The number of aromatic nitrogens is 1. The molecule has 0 aliphatic carbocycles. The van der Waals surface area contributed by atoms with Crippen molar-refractivity contribution in [1.29, 1.82) is 0 Å². The minimum atomic E-state index is -0.466. The molecule has 2 heterocycles. The van der Waals surface area contributed by atoms with Crippen molar-refractivity contribution in [3.8, 4) is 11.3 Å². The van der Waals surface area contributed by atoms with E-state index in [9.17, 15) is 4.79 Å². The summed E-state index contributed by atoms with van der Waals surface area (Å²) < 4.78 is 5.77. The number of rotatable bonds is 3. The van der Waals surface area contributed by atoms with Gasteiger partial charge < -0.3 is 15.8 Å². The van der Waals surface area contributed by atoms with Gasteiger partial charge in [-0.3, -0.25) is 9.78 Å². The lowest BCUT2D eigenvalue weighted by Crippen LogP contribution is -2.33. The summed E-state index contributed by atoms with van der Waals surface area (Å²) in [6.07, 6.45) is 1.74. The number of aryl methyl sites for hydroxylation is 1.